The number of allylic oxidation sites excluding steroid dienone is 1. The van der Waals surface area contributed by atoms with Crippen LogP contribution in [0.5, 0.6) is 17.4 Å². The summed E-state index contributed by atoms with van der Waals surface area (Å²) in [5.74, 6) is 0.478. The molecule has 0 bridgehead atoms. The van der Waals surface area contributed by atoms with E-state index in [4.69, 9.17) is 25.7 Å². The van der Waals surface area contributed by atoms with Gasteiger partial charge < -0.3 is 25.7 Å². The molecule has 2 aromatic carbocycles. The van der Waals surface area contributed by atoms with Crippen molar-refractivity contribution in [2.45, 2.75) is 12.8 Å². The average molecular weight is 431 g/mol. The highest BCUT2D eigenvalue weighted by molar-refractivity contribution is 5.75. The number of hydrogen-bond donors (Lipinski definition) is 3. The predicted molar refractivity (Wildman–Crippen MR) is 116 cm³/mol. The molecule has 162 valence electrons. The number of aromatic nitrogens is 2. The molecule has 1 unspecified atom stereocenters. The highest BCUT2D eigenvalue weighted by atomic mass is 16.5. The molecule has 0 spiro atoms. The maximum absolute atomic E-state index is 11.0. The molecule has 0 saturated carbocycles. The summed E-state index contributed by atoms with van der Waals surface area (Å²) >= 11 is 0. The number of nitrogens with two attached hydrogens (primary N) is 2. The second-order valence-electron chi connectivity index (χ2n) is 7.02. The Bertz CT molecular complexity index is 1210. The third-order valence-electron chi connectivity index (χ3n) is 4.99. The Morgan fingerprint density at radius 3 is 2.44 bits per heavy atom. The summed E-state index contributed by atoms with van der Waals surface area (Å²) in [6.45, 7) is 2.27. The lowest BCUT2D eigenvalue weighted by Gasteiger charge is -2.24. The van der Waals surface area contributed by atoms with Crippen LogP contribution in [0, 0.1) is 11.3 Å². The van der Waals surface area contributed by atoms with Crippen molar-refractivity contribution in [2.75, 3.05) is 13.2 Å². The average Bonchev–Trinajstić information content (AvgIpc) is 3.21. The van der Waals surface area contributed by atoms with E-state index in [1.165, 1.54) is 0 Å². The van der Waals surface area contributed by atoms with Gasteiger partial charge in [0.1, 0.15) is 23.1 Å². The van der Waals surface area contributed by atoms with Crippen LogP contribution in [0.25, 0.3) is 11.3 Å². The molecular formula is C23H21N5O4. The summed E-state index contributed by atoms with van der Waals surface area (Å²) in [6.07, 6.45) is 0. The first-order chi connectivity index (χ1) is 15.5. The fourth-order valence-electron chi connectivity index (χ4n) is 3.59. The minimum atomic E-state index is -0.566. The second-order valence-corrected chi connectivity index (χ2v) is 7.02. The van der Waals surface area contributed by atoms with Crippen molar-refractivity contribution >= 4 is 5.91 Å². The molecule has 0 saturated heterocycles. The largest absolute Gasteiger partial charge is 0.494 e. The lowest BCUT2D eigenvalue weighted by Crippen LogP contribution is -2.21. The fourth-order valence-corrected chi connectivity index (χ4v) is 3.59. The highest BCUT2D eigenvalue weighted by Gasteiger charge is 2.35. The van der Waals surface area contributed by atoms with Crippen molar-refractivity contribution < 1.29 is 19.0 Å². The van der Waals surface area contributed by atoms with Gasteiger partial charge in [-0.2, -0.15) is 5.26 Å². The summed E-state index contributed by atoms with van der Waals surface area (Å²) in [5.41, 5.74) is 14.5. The molecule has 0 radical (unpaired) electrons. The van der Waals surface area contributed by atoms with Gasteiger partial charge in [0, 0.05) is 5.56 Å². The number of benzene rings is 2. The topological polar surface area (TPSA) is 149 Å². The first kappa shape index (κ1) is 20.8. The molecule has 5 N–H and O–H groups in total. The number of amides is 1. The monoisotopic (exact) mass is 431 g/mol. The van der Waals surface area contributed by atoms with E-state index in [1.807, 2.05) is 31.2 Å². The van der Waals surface area contributed by atoms with Crippen LogP contribution < -0.4 is 25.7 Å². The van der Waals surface area contributed by atoms with Gasteiger partial charge in [0.15, 0.2) is 6.61 Å². The Labute approximate surface area is 184 Å². The summed E-state index contributed by atoms with van der Waals surface area (Å²) < 4.78 is 16.5. The van der Waals surface area contributed by atoms with Crippen molar-refractivity contribution in [1.82, 2.24) is 10.2 Å². The van der Waals surface area contributed by atoms with E-state index in [1.54, 1.807) is 24.3 Å². The first-order valence-corrected chi connectivity index (χ1v) is 9.92. The molecule has 0 aliphatic carbocycles. The molecular weight excluding hydrogens is 410 g/mol. The predicted octanol–water partition coefficient (Wildman–Crippen LogP) is 2.56. The Balaban J connectivity index is 1.75. The Hall–Kier alpha value is -4.45. The van der Waals surface area contributed by atoms with E-state index in [0.29, 0.717) is 29.5 Å². The number of nitriles is 1. The molecule has 9 nitrogen and oxygen atoms in total. The summed E-state index contributed by atoms with van der Waals surface area (Å²) in [5, 5.41) is 17.1. The summed E-state index contributed by atoms with van der Waals surface area (Å²) in [7, 11) is 0. The smallest absolute Gasteiger partial charge is 0.255 e. The van der Waals surface area contributed by atoms with Gasteiger partial charge in [0.25, 0.3) is 5.91 Å². The number of carbonyl (C=O) groups is 1. The number of aromatic amines is 1. The number of H-pyrrole nitrogens is 1. The lowest BCUT2D eigenvalue weighted by atomic mass is 9.83. The fraction of sp³-hybridized carbons (Fsp3) is 0.174. The van der Waals surface area contributed by atoms with Gasteiger partial charge >= 0.3 is 0 Å². The minimum absolute atomic E-state index is 0.00352. The van der Waals surface area contributed by atoms with Gasteiger partial charge in [-0.05, 0) is 48.9 Å². The van der Waals surface area contributed by atoms with Crippen molar-refractivity contribution in [2.24, 2.45) is 11.5 Å². The Kier molecular flexibility index (Phi) is 5.68. The number of fused-ring (bicyclic) bond motifs is 1. The molecule has 9 heteroatoms. The summed E-state index contributed by atoms with van der Waals surface area (Å²) in [6, 6.07) is 16.7. The third-order valence-corrected chi connectivity index (χ3v) is 4.99. The molecule has 32 heavy (non-hydrogen) atoms. The van der Waals surface area contributed by atoms with Crippen LogP contribution in [0.3, 0.4) is 0 Å². The number of rotatable bonds is 7. The Morgan fingerprint density at radius 1 is 1.16 bits per heavy atom. The quantitative estimate of drug-likeness (QED) is 0.520. The van der Waals surface area contributed by atoms with Gasteiger partial charge in [-0.3, -0.25) is 9.89 Å². The molecule has 1 aliphatic heterocycles. The lowest BCUT2D eigenvalue weighted by molar-refractivity contribution is -0.119. The molecule has 3 aromatic rings. The van der Waals surface area contributed by atoms with Crippen LogP contribution in [0.4, 0.5) is 0 Å². The number of hydrogen-bond acceptors (Lipinski definition) is 7. The zero-order chi connectivity index (χ0) is 22.7. The molecule has 0 fully saturated rings. The number of ether oxygens (including phenoxy) is 3. The van der Waals surface area contributed by atoms with Gasteiger partial charge in [-0.1, -0.05) is 12.1 Å². The van der Waals surface area contributed by atoms with Gasteiger partial charge in [0.2, 0.25) is 11.8 Å². The molecule has 2 heterocycles. The van der Waals surface area contributed by atoms with Crippen LogP contribution in [0.15, 0.2) is 60.0 Å². The number of primary amides is 1. The molecule has 1 amide bonds. The second kappa shape index (κ2) is 8.73. The van der Waals surface area contributed by atoms with Gasteiger partial charge in [-0.25, -0.2) is 0 Å². The molecule has 1 atom stereocenters. The minimum Gasteiger partial charge on any atom is -0.494 e. The van der Waals surface area contributed by atoms with Crippen molar-refractivity contribution in [3.05, 3.63) is 71.1 Å². The summed E-state index contributed by atoms with van der Waals surface area (Å²) in [4.78, 5) is 11.0. The number of nitrogens with one attached hydrogen (secondary N) is 1. The molecule has 1 aliphatic rings. The van der Waals surface area contributed by atoms with Crippen LogP contribution in [0.1, 0.15) is 24.0 Å². The van der Waals surface area contributed by atoms with E-state index in [9.17, 15) is 10.1 Å². The van der Waals surface area contributed by atoms with E-state index >= 15 is 0 Å². The first-order valence-electron chi connectivity index (χ1n) is 9.92. The maximum atomic E-state index is 11.0. The van der Waals surface area contributed by atoms with Crippen LogP contribution in [0.2, 0.25) is 0 Å². The van der Waals surface area contributed by atoms with Crippen LogP contribution in [-0.4, -0.2) is 29.3 Å². The van der Waals surface area contributed by atoms with E-state index in [2.05, 4.69) is 16.3 Å². The third kappa shape index (κ3) is 3.94. The number of nitrogens with zero attached hydrogens (tertiary/aromatic N) is 2. The molecule has 4 rings (SSSR count). The van der Waals surface area contributed by atoms with E-state index in [-0.39, 0.29) is 18.1 Å². The molecule has 1 aromatic heterocycles. The van der Waals surface area contributed by atoms with E-state index in [0.717, 1.165) is 16.9 Å². The van der Waals surface area contributed by atoms with Crippen LogP contribution >= 0.6 is 0 Å². The van der Waals surface area contributed by atoms with Crippen molar-refractivity contribution in [1.29, 1.82) is 5.26 Å². The number of carbonyl (C=O) groups excluding carboxylic acids is 1. The van der Waals surface area contributed by atoms with Gasteiger partial charge in [-0.15, -0.1) is 5.10 Å². The zero-order valence-corrected chi connectivity index (χ0v) is 17.3. The maximum Gasteiger partial charge on any atom is 0.255 e. The normalized spacial score (nSPS) is 14.8. The van der Waals surface area contributed by atoms with Crippen molar-refractivity contribution in [3.8, 4) is 34.7 Å². The van der Waals surface area contributed by atoms with Gasteiger partial charge in [0.05, 0.1) is 23.8 Å². The van der Waals surface area contributed by atoms with Crippen molar-refractivity contribution in [3.63, 3.8) is 0 Å². The van der Waals surface area contributed by atoms with E-state index < -0.39 is 11.8 Å². The van der Waals surface area contributed by atoms with Crippen LogP contribution in [-0.2, 0) is 4.79 Å². The SMILES string of the molecule is CCOc1ccc(-c2[nH]nc3c2C(c2ccc(OCC(N)=O)cc2)C(C#N)=C(N)O3)cc1. The zero-order valence-electron chi connectivity index (χ0n) is 17.3. The Morgan fingerprint density at radius 2 is 1.81 bits per heavy atom. The highest BCUT2D eigenvalue weighted by Crippen LogP contribution is 2.45. The standard InChI is InChI=1S/C23H21N5O4/c1-2-30-15-9-5-14(6-10-15)21-20-19(17(11-24)22(26)32-23(20)28-27-21)13-3-7-16(8-4-13)31-12-18(25)29/h3-10,19H,2,12,26H2,1H3,(H2,25,29)(H,27,28).